The monoisotopic (exact) mass is 461 g/mol. The molecule has 1 saturated heterocycles. The van der Waals surface area contributed by atoms with Crippen LogP contribution in [0.4, 0.5) is 0 Å². The Hall–Kier alpha value is -2.86. The molecule has 0 bridgehead atoms. The Morgan fingerprint density at radius 2 is 2.09 bits per heavy atom. The van der Waals surface area contributed by atoms with Crippen LogP contribution in [-0.4, -0.2) is 42.3 Å². The second kappa shape index (κ2) is 10.4. The van der Waals surface area contributed by atoms with Crippen LogP contribution in [0.15, 0.2) is 71.8 Å². The molecular formula is C27H35N5S. The van der Waals surface area contributed by atoms with E-state index in [9.17, 15) is 0 Å². The maximum atomic E-state index is 4.97. The van der Waals surface area contributed by atoms with E-state index in [2.05, 4.69) is 72.4 Å². The molecule has 2 aliphatic rings. The minimum absolute atomic E-state index is 0.328. The average molecular weight is 462 g/mol. The molecule has 2 atom stereocenters. The standard InChI is InChI=1S/C27H35N5S/c1-6-10-24(28-5)32-15-13-20(14-16-32)22-17-29-26(18(3)7-2)25(19(4)30-22)27-31-21-11-8-9-12-23(21)33-27/h6,8-12,18,20,22,29-30H,1,4-5,7,13-17H2,2-3H3/b24-10+. The lowest BCUT2D eigenvalue weighted by molar-refractivity contribution is 0.193. The topological polar surface area (TPSA) is 52.5 Å². The van der Waals surface area contributed by atoms with Crippen molar-refractivity contribution in [3.63, 3.8) is 0 Å². The van der Waals surface area contributed by atoms with Gasteiger partial charge in [0.05, 0.1) is 15.8 Å². The van der Waals surface area contributed by atoms with E-state index in [1.54, 1.807) is 17.4 Å². The highest BCUT2D eigenvalue weighted by molar-refractivity contribution is 7.19. The highest BCUT2D eigenvalue weighted by Gasteiger charge is 2.32. The largest absolute Gasteiger partial charge is 0.385 e. The summed E-state index contributed by atoms with van der Waals surface area (Å²) < 4.78 is 1.21. The maximum absolute atomic E-state index is 4.97. The number of aliphatic imine (C=N–C) groups is 1. The smallest absolute Gasteiger partial charge is 0.128 e. The van der Waals surface area contributed by atoms with Crippen LogP contribution in [0.25, 0.3) is 15.8 Å². The van der Waals surface area contributed by atoms with Gasteiger partial charge in [0.25, 0.3) is 0 Å². The van der Waals surface area contributed by atoms with Gasteiger partial charge in [0, 0.05) is 37.1 Å². The summed E-state index contributed by atoms with van der Waals surface area (Å²) in [7, 11) is 0. The Labute approximate surface area is 201 Å². The molecule has 2 aromatic rings. The zero-order chi connectivity index (χ0) is 23.4. The minimum atomic E-state index is 0.328. The van der Waals surface area contributed by atoms with Gasteiger partial charge in [0.1, 0.15) is 10.8 Å². The van der Waals surface area contributed by atoms with Crippen molar-refractivity contribution in [3.8, 4) is 0 Å². The van der Waals surface area contributed by atoms with Gasteiger partial charge in [-0.2, -0.15) is 0 Å². The van der Waals surface area contributed by atoms with Crippen LogP contribution in [0.3, 0.4) is 0 Å². The molecule has 174 valence electrons. The molecule has 5 nitrogen and oxygen atoms in total. The zero-order valence-corrected chi connectivity index (χ0v) is 20.6. The van der Waals surface area contributed by atoms with Crippen LogP contribution < -0.4 is 10.6 Å². The first kappa shape index (κ1) is 23.3. The number of rotatable bonds is 7. The molecular weight excluding hydrogens is 426 g/mol. The lowest BCUT2D eigenvalue weighted by atomic mass is 9.89. The molecule has 2 aliphatic heterocycles. The molecule has 4 rings (SSSR count). The number of likely N-dealkylation sites (tertiary alicyclic amines) is 1. The normalized spacial score (nSPS) is 21.4. The quantitative estimate of drug-likeness (QED) is 0.418. The first-order valence-electron chi connectivity index (χ1n) is 11.9. The van der Waals surface area contributed by atoms with Gasteiger partial charge in [-0.25, -0.2) is 9.98 Å². The Morgan fingerprint density at radius 3 is 2.76 bits per heavy atom. The molecule has 1 aromatic heterocycles. The van der Waals surface area contributed by atoms with Crippen molar-refractivity contribution < 1.29 is 0 Å². The second-order valence-corrected chi connectivity index (χ2v) is 9.97. The van der Waals surface area contributed by atoms with Gasteiger partial charge in [-0.1, -0.05) is 45.2 Å². The van der Waals surface area contributed by atoms with E-state index in [-0.39, 0.29) is 0 Å². The molecule has 0 radical (unpaired) electrons. The van der Waals surface area contributed by atoms with E-state index in [0.29, 0.717) is 17.9 Å². The van der Waals surface area contributed by atoms with Crippen LogP contribution in [-0.2, 0) is 0 Å². The van der Waals surface area contributed by atoms with Gasteiger partial charge in [0.2, 0.25) is 0 Å². The zero-order valence-electron chi connectivity index (χ0n) is 19.8. The number of allylic oxidation sites excluding steroid dienone is 4. The highest BCUT2D eigenvalue weighted by Crippen LogP contribution is 2.36. The van der Waals surface area contributed by atoms with E-state index in [0.717, 1.165) is 66.5 Å². The molecule has 6 heteroatoms. The summed E-state index contributed by atoms with van der Waals surface area (Å²) in [5, 5.41) is 8.67. The van der Waals surface area contributed by atoms with Crippen molar-refractivity contribution in [2.24, 2.45) is 16.8 Å². The van der Waals surface area contributed by atoms with Crippen LogP contribution in [0.5, 0.6) is 0 Å². The number of aromatic nitrogens is 1. The van der Waals surface area contributed by atoms with Crippen molar-refractivity contribution in [2.45, 2.75) is 39.2 Å². The van der Waals surface area contributed by atoms with Crippen LogP contribution in [0.1, 0.15) is 38.1 Å². The fraction of sp³-hybridized carbons (Fsp3) is 0.407. The van der Waals surface area contributed by atoms with E-state index in [4.69, 9.17) is 4.98 Å². The van der Waals surface area contributed by atoms with Crippen molar-refractivity contribution in [2.75, 3.05) is 19.6 Å². The molecule has 0 aliphatic carbocycles. The van der Waals surface area contributed by atoms with Crippen molar-refractivity contribution in [1.29, 1.82) is 0 Å². The van der Waals surface area contributed by atoms with Gasteiger partial charge in [-0.3, -0.25) is 0 Å². The molecule has 2 N–H and O–H groups in total. The van der Waals surface area contributed by atoms with E-state index in [1.807, 2.05) is 12.1 Å². The Morgan fingerprint density at radius 1 is 1.33 bits per heavy atom. The molecule has 1 fully saturated rings. The molecule has 0 saturated carbocycles. The average Bonchev–Trinajstić information content (AvgIpc) is 3.19. The molecule has 2 unspecified atom stereocenters. The summed E-state index contributed by atoms with van der Waals surface area (Å²) in [6, 6.07) is 8.68. The van der Waals surface area contributed by atoms with Gasteiger partial charge in [-0.05, 0) is 56.0 Å². The number of piperidine rings is 1. The number of para-hydroxylation sites is 1. The third-order valence-electron chi connectivity index (χ3n) is 6.92. The van der Waals surface area contributed by atoms with Crippen LogP contribution in [0.2, 0.25) is 0 Å². The number of hydrogen-bond donors (Lipinski definition) is 2. The fourth-order valence-electron chi connectivity index (χ4n) is 4.85. The number of nitrogens with zero attached hydrogens (tertiary/aromatic N) is 3. The van der Waals surface area contributed by atoms with Crippen LogP contribution in [0, 0.1) is 11.8 Å². The first-order valence-corrected chi connectivity index (χ1v) is 12.7. The number of hydrogen-bond acceptors (Lipinski definition) is 6. The van der Waals surface area contributed by atoms with Crippen molar-refractivity contribution in [1.82, 2.24) is 20.5 Å². The Kier molecular flexibility index (Phi) is 7.33. The van der Waals surface area contributed by atoms with E-state index in [1.165, 1.54) is 10.4 Å². The SMILES string of the molecule is C=C/C=C(\N=C)N1CCC(C2CNC(C(C)CC)=C(c3nc4ccccc4s3)C(=C)N2)CC1. The van der Waals surface area contributed by atoms with E-state index >= 15 is 0 Å². The predicted octanol–water partition coefficient (Wildman–Crippen LogP) is 5.57. The molecule has 33 heavy (non-hydrogen) atoms. The molecule has 3 heterocycles. The lowest BCUT2D eigenvalue weighted by Gasteiger charge is -2.37. The van der Waals surface area contributed by atoms with Gasteiger partial charge >= 0.3 is 0 Å². The maximum Gasteiger partial charge on any atom is 0.128 e. The summed E-state index contributed by atoms with van der Waals surface area (Å²) >= 11 is 1.75. The van der Waals surface area contributed by atoms with Gasteiger partial charge in [0.15, 0.2) is 0 Å². The molecule has 1 aromatic carbocycles. The molecule has 0 spiro atoms. The fourth-order valence-corrected chi connectivity index (χ4v) is 5.90. The Bertz CT molecular complexity index is 1050. The van der Waals surface area contributed by atoms with Crippen LogP contribution >= 0.6 is 11.3 Å². The third-order valence-corrected chi connectivity index (χ3v) is 7.97. The Balaban J connectivity index is 1.55. The predicted molar refractivity (Wildman–Crippen MR) is 142 cm³/mol. The lowest BCUT2D eigenvalue weighted by Crippen LogP contribution is -2.46. The molecule has 0 amide bonds. The number of fused-ring (bicyclic) bond motifs is 1. The highest BCUT2D eigenvalue weighted by atomic mass is 32.1. The van der Waals surface area contributed by atoms with E-state index < -0.39 is 0 Å². The summed E-state index contributed by atoms with van der Waals surface area (Å²) in [4.78, 5) is 11.5. The van der Waals surface area contributed by atoms with Gasteiger partial charge < -0.3 is 15.5 Å². The number of thiazole rings is 1. The summed E-state index contributed by atoms with van der Waals surface area (Å²) in [5.41, 5.74) is 4.45. The van der Waals surface area contributed by atoms with Gasteiger partial charge in [-0.15, -0.1) is 11.3 Å². The summed E-state index contributed by atoms with van der Waals surface area (Å²) in [6.07, 6.45) is 6.99. The van der Waals surface area contributed by atoms with Crippen molar-refractivity contribution >= 4 is 33.8 Å². The van der Waals surface area contributed by atoms with Crippen molar-refractivity contribution in [3.05, 3.63) is 71.8 Å². The third kappa shape index (κ3) is 4.91. The summed E-state index contributed by atoms with van der Waals surface area (Å²) in [6.45, 7) is 19.4. The summed E-state index contributed by atoms with van der Waals surface area (Å²) in [5.74, 6) is 1.89. The number of benzene rings is 1. The second-order valence-electron chi connectivity index (χ2n) is 8.94. The number of nitrogens with one attached hydrogen (secondary N) is 2. The first-order chi connectivity index (χ1) is 16.0. The minimum Gasteiger partial charge on any atom is -0.385 e.